The molecule has 1 aliphatic rings. The molecule has 0 aromatic carbocycles. The number of carbonyl (C=O) groups excluding carboxylic acids is 1. The number of hydrogen-bond acceptors (Lipinski definition) is 6. The molecule has 15 heavy (non-hydrogen) atoms. The average molecular weight is 220 g/mol. The van der Waals surface area contributed by atoms with Crippen LogP contribution >= 0.6 is 0 Å². The molecule has 6 nitrogen and oxygen atoms in total. The molecule has 0 amide bonds. The molecule has 0 unspecified atom stereocenters. The zero-order valence-electron chi connectivity index (χ0n) is 8.66. The molecule has 6 heteroatoms. The molecule has 3 N–H and O–H groups in total. The molecule has 0 radical (unpaired) electrons. The molecule has 1 saturated heterocycles. The summed E-state index contributed by atoms with van der Waals surface area (Å²) in [6.45, 7) is 1.42. The van der Waals surface area contributed by atoms with E-state index in [1.165, 1.54) is 14.0 Å². The topological polar surface area (TPSA) is 96.2 Å². The third kappa shape index (κ3) is 2.66. The Morgan fingerprint density at radius 3 is 2.60 bits per heavy atom. The molecule has 88 valence electrons. The lowest BCUT2D eigenvalue weighted by molar-refractivity contribution is -0.208. The molecule has 5 atom stereocenters. The van der Waals surface area contributed by atoms with E-state index in [1.807, 2.05) is 0 Å². The minimum Gasteiger partial charge on any atom is -0.467 e. The quantitative estimate of drug-likeness (QED) is 0.486. The fourth-order valence-electron chi connectivity index (χ4n) is 1.59. The van der Waals surface area contributed by atoms with E-state index < -0.39 is 36.5 Å². The van der Waals surface area contributed by atoms with Crippen LogP contribution in [0.3, 0.4) is 0 Å². The first-order chi connectivity index (χ1) is 6.97. The third-order valence-electron chi connectivity index (χ3n) is 2.45. The van der Waals surface area contributed by atoms with Crippen LogP contribution in [0.1, 0.15) is 13.3 Å². The fraction of sp³-hybridized carbons (Fsp3) is 0.889. The normalized spacial score (nSPS) is 38.5. The van der Waals surface area contributed by atoms with E-state index >= 15 is 0 Å². The predicted octanol–water partition coefficient (Wildman–Crippen LogP) is -1.58. The summed E-state index contributed by atoms with van der Waals surface area (Å²) < 4.78 is 9.61. The molecule has 0 aromatic rings. The monoisotopic (exact) mass is 220 g/mol. The molecule has 0 bridgehead atoms. The highest BCUT2D eigenvalue weighted by Crippen LogP contribution is 2.23. The third-order valence-corrected chi connectivity index (χ3v) is 2.45. The van der Waals surface area contributed by atoms with E-state index in [2.05, 4.69) is 4.74 Å². The van der Waals surface area contributed by atoms with Gasteiger partial charge >= 0.3 is 5.97 Å². The average Bonchev–Trinajstić information content (AvgIpc) is 2.20. The van der Waals surface area contributed by atoms with Gasteiger partial charge < -0.3 is 24.8 Å². The first-order valence-corrected chi connectivity index (χ1v) is 4.75. The largest absolute Gasteiger partial charge is 0.467 e. The van der Waals surface area contributed by atoms with Crippen LogP contribution in [-0.4, -0.2) is 58.9 Å². The van der Waals surface area contributed by atoms with Crippen LogP contribution in [0.15, 0.2) is 0 Å². The number of aliphatic hydroxyl groups excluding tert-OH is 3. The summed E-state index contributed by atoms with van der Waals surface area (Å²) in [6, 6.07) is 0. The van der Waals surface area contributed by atoms with Gasteiger partial charge in [-0.25, -0.2) is 4.79 Å². The van der Waals surface area contributed by atoms with E-state index in [0.717, 1.165) is 0 Å². The van der Waals surface area contributed by atoms with Crippen molar-refractivity contribution in [1.29, 1.82) is 0 Å². The Balaban J connectivity index is 2.70. The zero-order valence-corrected chi connectivity index (χ0v) is 8.66. The molecule has 1 aliphatic heterocycles. The number of carbonyl (C=O) groups is 1. The van der Waals surface area contributed by atoms with Crippen LogP contribution in [0.4, 0.5) is 0 Å². The zero-order chi connectivity index (χ0) is 11.6. The lowest BCUT2D eigenvalue weighted by atomic mass is 9.95. The standard InChI is InChI=1S/C9H16O6/c1-4(10)8-7(12)5(11)3-6(15-8)9(13)14-2/h4-8,10-12H,3H2,1-2H3/t4-,5-,6+,7-,8-/m1/s1. The number of aliphatic hydroxyl groups is 3. The van der Waals surface area contributed by atoms with Crippen molar-refractivity contribution < 1.29 is 29.6 Å². The number of rotatable bonds is 2. The molecule has 0 saturated carbocycles. The van der Waals surface area contributed by atoms with Crippen molar-refractivity contribution >= 4 is 5.97 Å². The number of methoxy groups -OCH3 is 1. The van der Waals surface area contributed by atoms with Gasteiger partial charge in [0.1, 0.15) is 12.2 Å². The van der Waals surface area contributed by atoms with E-state index in [-0.39, 0.29) is 6.42 Å². The van der Waals surface area contributed by atoms with Crippen LogP contribution in [0.2, 0.25) is 0 Å². The summed E-state index contributed by atoms with van der Waals surface area (Å²) in [5.41, 5.74) is 0. The van der Waals surface area contributed by atoms with Crippen molar-refractivity contribution in [2.75, 3.05) is 7.11 Å². The van der Waals surface area contributed by atoms with Gasteiger partial charge in [-0.2, -0.15) is 0 Å². The summed E-state index contributed by atoms with van der Waals surface area (Å²) >= 11 is 0. The lowest BCUT2D eigenvalue weighted by Crippen LogP contribution is -2.54. The Kier molecular flexibility index (Phi) is 4.04. The highest BCUT2D eigenvalue weighted by molar-refractivity contribution is 5.74. The van der Waals surface area contributed by atoms with Crippen molar-refractivity contribution in [3.8, 4) is 0 Å². The molecule has 1 rings (SSSR count). The number of hydrogen-bond donors (Lipinski definition) is 3. The van der Waals surface area contributed by atoms with Crippen LogP contribution in [0, 0.1) is 0 Å². The molecule has 0 aliphatic carbocycles. The highest BCUT2D eigenvalue weighted by Gasteiger charge is 2.42. The van der Waals surface area contributed by atoms with Gasteiger partial charge in [0.2, 0.25) is 0 Å². The Bertz CT molecular complexity index is 229. The van der Waals surface area contributed by atoms with Crippen molar-refractivity contribution in [3.05, 3.63) is 0 Å². The van der Waals surface area contributed by atoms with Gasteiger partial charge in [0.05, 0.1) is 19.3 Å². The maximum Gasteiger partial charge on any atom is 0.335 e. The second-order valence-electron chi connectivity index (χ2n) is 3.65. The molecule has 1 fully saturated rings. The van der Waals surface area contributed by atoms with Crippen LogP contribution < -0.4 is 0 Å². The second-order valence-corrected chi connectivity index (χ2v) is 3.65. The van der Waals surface area contributed by atoms with Gasteiger partial charge in [-0.15, -0.1) is 0 Å². The SMILES string of the molecule is COC(=O)[C@@H]1C[C@@H](O)[C@@H](O)[C@@H]([C@@H](C)O)O1. The fourth-order valence-corrected chi connectivity index (χ4v) is 1.59. The number of esters is 1. The minimum atomic E-state index is -1.19. The van der Waals surface area contributed by atoms with E-state index in [4.69, 9.17) is 4.74 Å². The summed E-state index contributed by atoms with van der Waals surface area (Å²) in [5.74, 6) is -0.619. The van der Waals surface area contributed by atoms with Crippen molar-refractivity contribution in [1.82, 2.24) is 0 Å². The van der Waals surface area contributed by atoms with Crippen LogP contribution in [0.25, 0.3) is 0 Å². The predicted molar refractivity (Wildman–Crippen MR) is 49.0 cm³/mol. The van der Waals surface area contributed by atoms with Gasteiger partial charge in [-0.05, 0) is 6.92 Å². The van der Waals surface area contributed by atoms with Crippen LogP contribution in [-0.2, 0) is 14.3 Å². The smallest absolute Gasteiger partial charge is 0.335 e. The first-order valence-electron chi connectivity index (χ1n) is 4.75. The van der Waals surface area contributed by atoms with Crippen molar-refractivity contribution in [2.24, 2.45) is 0 Å². The van der Waals surface area contributed by atoms with Gasteiger partial charge in [0.25, 0.3) is 0 Å². The van der Waals surface area contributed by atoms with Crippen molar-refractivity contribution in [2.45, 2.75) is 43.9 Å². The van der Waals surface area contributed by atoms with Crippen LogP contribution in [0.5, 0.6) is 0 Å². The Morgan fingerprint density at radius 1 is 1.53 bits per heavy atom. The Morgan fingerprint density at radius 2 is 2.13 bits per heavy atom. The van der Waals surface area contributed by atoms with Gasteiger partial charge in [-0.1, -0.05) is 0 Å². The highest BCUT2D eigenvalue weighted by atomic mass is 16.6. The van der Waals surface area contributed by atoms with Gasteiger partial charge in [-0.3, -0.25) is 0 Å². The van der Waals surface area contributed by atoms with E-state index in [9.17, 15) is 20.1 Å². The maximum atomic E-state index is 11.2. The van der Waals surface area contributed by atoms with E-state index in [1.54, 1.807) is 0 Å². The molecular formula is C9H16O6. The summed E-state index contributed by atoms with van der Waals surface area (Å²) in [5, 5.41) is 28.2. The van der Waals surface area contributed by atoms with Gasteiger partial charge in [0.15, 0.2) is 6.10 Å². The minimum absolute atomic E-state index is 0.0307. The molecule has 0 aromatic heterocycles. The van der Waals surface area contributed by atoms with Gasteiger partial charge in [0, 0.05) is 6.42 Å². The molecular weight excluding hydrogens is 204 g/mol. The Labute approximate surface area is 87.4 Å². The summed E-state index contributed by atoms with van der Waals surface area (Å²) in [4.78, 5) is 11.2. The molecule has 1 heterocycles. The summed E-state index contributed by atoms with van der Waals surface area (Å²) in [7, 11) is 1.21. The lowest BCUT2D eigenvalue weighted by Gasteiger charge is -2.37. The van der Waals surface area contributed by atoms with E-state index in [0.29, 0.717) is 0 Å². The van der Waals surface area contributed by atoms with Crippen molar-refractivity contribution in [3.63, 3.8) is 0 Å². The first kappa shape index (κ1) is 12.4. The summed E-state index contributed by atoms with van der Waals surface area (Å²) in [6.07, 6.45) is -5.20. The Hall–Kier alpha value is -0.690. The maximum absolute atomic E-state index is 11.2. The number of ether oxygens (including phenoxy) is 2. The molecule has 0 spiro atoms. The second kappa shape index (κ2) is 4.89.